The van der Waals surface area contributed by atoms with Gasteiger partial charge in [-0.15, -0.1) is 0 Å². The van der Waals surface area contributed by atoms with Gasteiger partial charge in [0.2, 0.25) is 0 Å². The number of anilines is 1. The Balaban J connectivity index is 1.99. The van der Waals surface area contributed by atoms with E-state index in [4.69, 9.17) is 4.74 Å². The average molecular weight is 375 g/mol. The Morgan fingerprint density at radius 2 is 1.65 bits per heavy atom. The zero-order valence-electron chi connectivity index (χ0n) is 15.6. The summed E-state index contributed by atoms with van der Waals surface area (Å²) in [6.07, 6.45) is 0.825. The lowest BCUT2D eigenvalue weighted by Crippen LogP contribution is -2.24. The number of carbonyl (C=O) groups is 1. The number of aryl methyl sites for hydroxylation is 2. The molecule has 2 aromatic rings. The molecule has 0 aliphatic rings. The minimum Gasteiger partial charge on any atom is -0.460 e. The van der Waals surface area contributed by atoms with Gasteiger partial charge in [0.1, 0.15) is 5.60 Å². The van der Waals surface area contributed by atoms with Crippen LogP contribution in [0, 0.1) is 6.92 Å². The highest BCUT2D eigenvalue weighted by Gasteiger charge is 2.17. The Morgan fingerprint density at radius 1 is 1.04 bits per heavy atom. The number of nitrogens with one attached hydrogen (secondary N) is 1. The number of rotatable bonds is 6. The predicted molar refractivity (Wildman–Crippen MR) is 103 cm³/mol. The number of benzene rings is 2. The number of hydrogen-bond acceptors (Lipinski definition) is 4. The average Bonchev–Trinajstić information content (AvgIpc) is 2.52. The van der Waals surface area contributed by atoms with Crippen molar-refractivity contribution >= 4 is 21.7 Å². The van der Waals surface area contributed by atoms with E-state index < -0.39 is 15.6 Å². The first-order chi connectivity index (χ1) is 12.1. The van der Waals surface area contributed by atoms with Crippen LogP contribution in [-0.2, 0) is 26.0 Å². The van der Waals surface area contributed by atoms with Crippen LogP contribution in [0.3, 0.4) is 0 Å². The van der Waals surface area contributed by atoms with Crippen LogP contribution in [0.2, 0.25) is 0 Å². The van der Waals surface area contributed by atoms with Crippen molar-refractivity contribution < 1.29 is 17.9 Å². The first-order valence-corrected chi connectivity index (χ1v) is 9.94. The van der Waals surface area contributed by atoms with E-state index in [9.17, 15) is 13.2 Å². The maximum atomic E-state index is 12.5. The van der Waals surface area contributed by atoms with Gasteiger partial charge in [0.15, 0.2) is 0 Å². The van der Waals surface area contributed by atoms with Crippen molar-refractivity contribution in [2.24, 2.45) is 0 Å². The fourth-order valence-corrected chi connectivity index (χ4v) is 3.75. The summed E-state index contributed by atoms with van der Waals surface area (Å²) in [6, 6.07) is 13.8. The van der Waals surface area contributed by atoms with E-state index in [1.165, 1.54) is 0 Å². The number of esters is 1. The van der Waals surface area contributed by atoms with Crippen LogP contribution < -0.4 is 4.72 Å². The Labute approximate surface area is 155 Å². The van der Waals surface area contributed by atoms with Gasteiger partial charge in [0.25, 0.3) is 10.0 Å². The summed E-state index contributed by atoms with van der Waals surface area (Å²) in [5.74, 6) is -0.248. The maximum Gasteiger partial charge on any atom is 0.306 e. The molecular weight excluding hydrogens is 350 g/mol. The highest BCUT2D eigenvalue weighted by atomic mass is 32.2. The molecule has 140 valence electrons. The SMILES string of the molecule is Cc1ccccc1S(=O)(=O)Nc1ccc(CCC(=O)OC(C)(C)C)cc1. The van der Waals surface area contributed by atoms with Crippen LogP contribution in [0.25, 0.3) is 0 Å². The normalized spacial score (nSPS) is 11.8. The van der Waals surface area contributed by atoms with E-state index in [0.717, 1.165) is 5.56 Å². The molecule has 0 aliphatic carbocycles. The lowest BCUT2D eigenvalue weighted by molar-refractivity contribution is -0.154. The standard InChI is InChI=1S/C20H25NO4S/c1-15-7-5-6-8-18(15)26(23,24)21-17-12-9-16(10-13-17)11-14-19(22)25-20(2,3)4/h5-10,12-13,21H,11,14H2,1-4H3. The van der Waals surface area contributed by atoms with E-state index in [-0.39, 0.29) is 17.3 Å². The Morgan fingerprint density at radius 3 is 2.23 bits per heavy atom. The molecule has 0 bridgehead atoms. The Hall–Kier alpha value is -2.34. The summed E-state index contributed by atoms with van der Waals surface area (Å²) in [5.41, 5.74) is 1.62. The van der Waals surface area contributed by atoms with Crippen molar-refractivity contribution in [2.75, 3.05) is 4.72 Å². The lowest BCUT2D eigenvalue weighted by atomic mass is 10.1. The third kappa shape index (κ3) is 5.88. The minimum atomic E-state index is -3.63. The van der Waals surface area contributed by atoms with Crippen LogP contribution in [0.5, 0.6) is 0 Å². The summed E-state index contributed by atoms with van der Waals surface area (Å²) < 4.78 is 32.8. The topological polar surface area (TPSA) is 72.5 Å². The third-order valence-electron chi connectivity index (χ3n) is 3.63. The van der Waals surface area contributed by atoms with Gasteiger partial charge in [0, 0.05) is 12.1 Å². The second kappa shape index (κ2) is 7.91. The largest absolute Gasteiger partial charge is 0.460 e. The molecule has 0 heterocycles. The van der Waals surface area contributed by atoms with E-state index in [0.29, 0.717) is 17.7 Å². The smallest absolute Gasteiger partial charge is 0.306 e. The number of hydrogen-bond donors (Lipinski definition) is 1. The summed E-state index contributed by atoms with van der Waals surface area (Å²) in [7, 11) is -3.63. The van der Waals surface area contributed by atoms with Gasteiger partial charge in [-0.3, -0.25) is 9.52 Å². The second-order valence-corrected chi connectivity index (χ2v) is 8.81. The molecule has 0 atom stereocenters. The maximum absolute atomic E-state index is 12.5. The fraction of sp³-hybridized carbons (Fsp3) is 0.350. The molecule has 0 aliphatic heterocycles. The Kier molecular flexibility index (Phi) is 6.08. The molecule has 0 amide bonds. The summed E-state index contributed by atoms with van der Waals surface area (Å²) >= 11 is 0. The van der Waals surface area contributed by atoms with Crippen LogP contribution in [-0.4, -0.2) is 20.0 Å². The predicted octanol–water partition coefficient (Wildman–Crippen LogP) is 4.07. The monoisotopic (exact) mass is 375 g/mol. The first-order valence-electron chi connectivity index (χ1n) is 8.46. The molecule has 6 heteroatoms. The van der Waals surface area contributed by atoms with Gasteiger partial charge < -0.3 is 4.74 Å². The minimum absolute atomic E-state index is 0.248. The molecule has 2 rings (SSSR count). The van der Waals surface area contributed by atoms with Crippen molar-refractivity contribution in [1.82, 2.24) is 0 Å². The summed E-state index contributed by atoms with van der Waals surface area (Å²) in [6.45, 7) is 7.26. The van der Waals surface area contributed by atoms with Gasteiger partial charge >= 0.3 is 5.97 Å². The van der Waals surface area contributed by atoms with Crippen molar-refractivity contribution in [3.63, 3.8) is 0 Å². The molecule has 2 aromatic carbocycles. The zero-order valence-corrected chi connectivity index (χ0v) is 16.4. The van der Waals surface area contributed by atoms with E-state index in [2.05, 4.69) is 4.72 Å². The second-order valence-electron chi connectivity index (χ2n) is 7.15. The molecule has 0 aromatic heterocycles. The fourth-order valence-electron chi connectivity index (χ4n) is 2.45. The Bertz CT molecular complexity index is 865. The molecule has 1 N–H and O–H groups in total. The van der Waals surface area contributed by atoms with Gasteiger partial charge in [-0.05, 0) is 63.4 Å². The molecular formula is C20H25NO4S. The molecule has 0 saturated heterocycles. The van der Waals surface area contributed by atoms with Crippen molar-refractivity contribution in [1.29, 1.82) is 0 Å². The van der Waals surface area contributed by atoms with Gasteiger partial charge in [0.05, 0.1) is 4.90 Å². The van der Waals surface area contributed by atoms with E-state index >= 15 is 0 Å². The molecule has 0 spiro atoms. The molecule has 5 nitrogen and oxygen atoms in total. The lowest BCUT2D eigenvalue weighted by Gasteiger charge is -2.19. The van der Waals surface area contributed by atoms with E-state index in [1.807, 2.05) is 20.8 Å². The van der Waals surface area contributed by atoms with Crippen molar-refractivity contribution in [2.45, 2.75) is 51.0 Å². The summed E-state index contributed by atoms with van der Waals surface area (Å²) in [4.78, 5) is 12.0. The number of ether oxygens (including phenoxy) is 1. The van der Waals surface area contributed by atoms with Crippen LogP contribution in [0.4, 0.5) is 5.69 Å². The van der Waals surface area contributed by atoms with Crippen molar-refractivity contribution in [3.05, 3.63) is 59.7 Å². The summed E-state index contributed by atoms with van der Waals surface area (Å²) in [5, 5.41) is 0. The molecule has 0 radical (unpaired) electrons. The highest BCUT2D eigenvalue weighted by molar-refractivity contribution is 7.92. The van der Waals surface area contributed by atoms with Gasteiger partial charge in [-0.25, -0.2) is 8.42 Å². The molecule has 0 saturated carbocycles. The number of carbonyl (C=O) groups excluding carboxylic acids is 1. The molecule has 0 unspecified atom stereocenters. The van der Waals surface area contributed by atoms with Gasteiger partial charge in [-0.1, -0.05) is 30.3 Å². The van der Waals surface area contributed by atoms with Crippen molar-refractivity contribution in [3.8, 4) is 0 Å². The quantitative estimate of drug-likeness (QED) is 0.773. The zero-order chi connectivity index (χ0) is 19.4. The molecule has 26 heavy (non-hydrogen) atoms. The van der Waals surface area contributed by atoms with E-state index in [1.54, 1.807) is 55.5 Å². The number of sulfonamides is 1. The third-order valence-corrected chi connectivity index (χ3v) is 5.17. The van der Waals surface area contributed by atoms with Crippen LogP contribution in [0.15, 0.2) is 53.4 Å². The van der Waals surface area contributed by atoms with Gasteiger partial charge in [-0.2, -0.15) is 0 Å². The first kappa shape index (κ1) is 20.0. The van der Waals surface area contributed by atoms with Crippen LogP contribution >= 0.6 is 0 Å². The van der Waals surface area contributed by atoms with Crippen LogP contribution in [0.1, 0.15) is 38.3 Å². The highest BCUT2D eigenvalue weighted by Crippen LogP contribution is 2.20. The molecule has 0 fully saturated rings.